The van der Waals surface area contributed by atoms with Gasteiger partial charge in [0.2, 0.25) is 0 Å². The quantitative estimate of drug-likeness (QED) is 0.702. The highest BCUT2D eigenvalue weighted by Gasteiger charge is 2.01. The summed E-state index contributed by atoms with van der Waals surface area (Å²) in [6.07, 6.45) is 0. The van der Waals surface area contributed by atoms with Crippen LogP contribution in [0.25, 0.3) is 0 Å². The number of nitrogens with one attached hydrogen (secondary N) is 2. The molecule has 4 N–H and O–H groups in total. The van der Waals surface area contributed by atoms with E-state index < -0.39 is 0 Å². The molecule has 82 valence electrons. The minimum atomic E-state index is -0.224. The summed E-state index contributed by atoms with van der Waals surface area (Å²) < 4.78 is 0. The predicted octanol–water partition coefficient (Wildman–Crippen LogP) is 1.46. The van der Waals surface area contributed by atoms with Gasteiger partial charge in [-0.1, -0.05) is 12.1 Å². The molecule has 0 fully saturated rings. The summed E-state index contributed by atoms with van der Waals surface area (Å²) in [6, 6.07) is 7.37. The fraction of sp³-hybridized carbons (Fsp3) is 0.364. The van der Waals surface area contributed by atoms with Gasteiger partial charge in [-0.3, -0.25) is 0 Å². The molecular weight excluding hydrogens is 190 g/mol. The van der Waals surface area contributed by atoms with Crippen LogP contribution in [0.1, 0.15) is 12.5 Å². The lowest BCUT2D eigenvalue weighted by atomic mass is 10.2. The van der Waals surface area contributed by atoms with Crippen LogP contribution in [0.15, 0.2) is 24.3 Å². The van der Waals surface area contributed by atoms with Gasteiger partial charge < -0.3 is 16.4 Å². The van der Waals surface area contributed by atoms with Crippen molar-refractivity contribution in [1.29, 1.82) is 0 Å². The van der Waals surface area contributed by atoms with Crippen LogP contribution in [0.3, 0.4) is 0 Å². The molecule has 0 saturated heterocycles. The number of hydrogen-bond donors (Lipinski definition) is 3. The average Bonchev–Trinajstić information content (AvgIpc) is 2.15. The number of benzene rings is 1. The number of amides is 2. The molecule has 1 rings (SSSR count). The van der Waals surface area contributed by atoms with Gasteiger partial charge in [-0.05, 0) is 31.5 Å². The second-order valence-corrected chi connectivity index (χ2v) is 3.68. The maximum Gasteiger partial charge on any atom is 0.319 e. The van der Waals surface area contributed by atoms with Crippen LogP contribution in [0.4, 0.5) is 10.5 Å². The summed E-state index contributed by atoms with van der Waals surface area (Å²) in [4.78, 5) is 11.4. The predicted molar refractivity (Wildman–Crippen MR) is 61.8 cm³/mol. The zero-order valence-corrected chi connectivity index (χ0v) is 9.08. The van der Waals surface area contributed by atoms with E-state index in [0.29, 0.717) is 6.54 Å². The van der Waals surface area contributed by atoms with E-state index in [1.54, 1.807) is 0 Å². The molecule has 0 spiro atoms. The van der Waals surface area contributed by atoms with E-state index in [1.165, 1.54) is 0 Å². The minimum Gasteiger partial charge on any atom is -0.336 e. The van der Waals surface area contributed by atoms with Gasteiger partial charge in [0, 0.05) is 18.3 Å². The van der Waals surface area contributed by atoms with Crippen LogP contribution in [0, 0.1) is 6.92 Å². The third-order valence-corrected chi connectivity index (χ3v) is 1.86. The number of anilines is 1. The molecule has 4 heteroatoms. The molecule has 4 nitrogen and oxygen atoms in total. The highest BCUT2D eigenvalue weighted by atomic mass is 16.2. The maximum atomic E-state index is 11.4. The van der Waals surface area contributed by atoms with Crippen LogP contribution in [-0.2, 0) is 0 Å². The third kappa shape index (κ3) is 4.46. The molecule has 2 amide bonds. The molecule has 1 aromatic rings. The van der Waals surface area contributed by atoms with Crippen LogP contribution in [0.5, 0.6) is 0 Å². The summed E-state index contributed by atoms with van der Waals surface area (Å²) in [5.74, 6) is 0. The molecule has 0 aromatic heterocycles. The normalized spacial score (nSPS) is 11.9. The molecule has 0 bridgehead atoms. The van der Waals surface area contributed by atoms with Gasteiger partial charge in [0.25, 0.3) is 0 Å². The number of aryl methyl sites for hydroxylation is 1. The van der Waals surface area contributed by atoms with Gasteiger partial charge in [0.1, 0.15) is 0 Å². The molecule has 0 aliphatic rings. The molecule has 1 atom stereocenters. The lowest BCUT2D eigenvalue weighted by molar-refractivity contribution is 0.251. The van der Waals surface area contributed by atoms with Crippen LogP contribution >= 0.6 is 0 Å². The van der Waals surface area contributed by atoms with E-state index >= 15 is 0 Å². The van der Waals surface area contributed by atoms with Crippen molar-refractivity contribution >= 4 is 11.7 Å². The second-order valence-electron chi connectivity index (χ2n) is 3.68. The molecule has 1 aromatic carbocycles. The van der Waals surface area contributed by atoms with Crippen molar-refractivity contribution in [1.82, 2.24) is 5.32 Å². The zero-order valence-electron chi connectivity index (χ0n) is 9.08. The Bertz CT molecular complexity index is 336. The summed E-state index contributed by atoms with van der Waals surface area (Å²) in [6.45, 7) is 4.29. The van der Waals surface area contributed by atoms with Gasteiger partial charge in [-0.15, -0.1) is 0 Å². The number of urea groups is 1. The molecule has 0 radical (unpaired) electrons. The van der Waals surface area contributed by atoms with E-state index in [-0.39, 0.29) is 12.1 Å². The summed E-state index contributed by atoms with van der Waals surface area (Å²) in [7, 11) is 0. The molecule has 0 aliphatic carbocycles. The van der Waals surface area contributed by atoms with Gasteiger partial charge in [-0.25, -0.2) is 4.79 Å². The van der Waals surface area contributed by atoms with E-state index in [2.05, 4.69) is 10.6 Å². The van der Waals surface area contributed by atoms with Crippen molar-refractivity contribution < 1.29 is 4.79 Å². The van der Waals surface area contributed by atoms with Crippen molar-refractivity contribution in [3.8, 4) is 0 Å². The first-order chi connectivity index (χ1) is 7.08. The maximum absolute atomic E-state index is 11.4. The van der Waals surface area contributed by atoms with E-state index in [9.17, 15) is 4.79 Å². The number of hydrogen-bond acceptors (Lipinski definition) is 2. The van der Waals surface area contributed by atoms with Gasteiger partial charge in [0.05, 0.1) is 0 Å². The highest BCUT2D eigenvalue weighted by Crippen LogP contribution is 2.08. The third-order valence-electron chi connectivity index (χ3n) is 1.86. The Morgan fingerprint density at radius 1 is 1.53 bits per heavy atom. The smallest absolute Gasteiger partial charge is 0.319 e. The Balaban J connectivity index is 2.44. The monoisotopic (exact) mass is 207 g/mol. The van der Waals surface area contributed by atoms with E-state index in [0.717, 1.165) is 11.3 Å². The standard InChI is InChI=1S/C11H17N3O/c1-8-4-3-5-10(6-8)14-11(15)13-7-9(2)12/h3-6,9H,7,12H2,1-2H3,(H2,13,14,15). The number of nitrogens with two attached hydrogens (primary N) is 1. The van der Waals surface area contributed by atoms with Crippen molar-refractivity contribution in [2.45, 2.75) is 19.9 Å². The lowest BCUT2D eigenvalue weighted by Gasteiger charge is -2.09. The highest BCUT2D eigenvalue weighted by molar-refractivity contribution is 5.89. The SMILES string of the molecule is Cc1cccc(NC(=O)NCC(C)N)c1. The molecule has 15 heavy (non-hydrogen) atoms. The van der Waals surface area contributed by atoms with Gasteiger partial charge >= 0.3 is 6.03 Å². The summed E-state index contributed by atoms with van der Waals surface area (Å²) in [5, 5.41) is 5.41. The van der Waals surface area contributed by atoms with Crippen LogP contribution < -0.4 is 16.4 Å². The lowest BCUT2D eigenvalue weighted by Crippen LogP contribution is -2.37. The zero-order chi connectivity index (χ0) is 11.3. The Morgan fingerprint density at radius 3 is 2.87 bits per heavy atom. The molecule has 1 unspecified atom stereocenters. The molecule has 0 saturated carbocycles. The fourth-order valence-corrected chi connectivity index (χ4v) is 1.15. The number of carbonyl (C=O) groups excluding carboxylic acids is 1. The van der Waals surface area contributed by atoms with Crippen molar-refractivity contribution in [3.05, 3.63) is 29.8 Å². The van der Waals surface area contributed by atoms with Crippen molar-refractivity contribution in [2.75, 3.05) is 11.9 Å². The van der Waals surface area contributed by atoms with Crippen molar-refractivity contribution in [3.63, 3.8) is 0 Å². The number of carbonyl (C=O) groups is 1. The first kappa shape index (κ1) is 11.5. The second kappa shape index (κ2) is 5.36. The van der Waals surface area contributed by atoms with E-state index in [1.807, 2.05) is 38.1 Å². The summed E-state index contributed by atoms with van der Waals surface area (Å²) in [5.41, 5.74) is 7.42. The van der Waals surface area contributed by atoms with Gasteiger partial charge in [-0.2, -0.15) is 0 Å². The number of rotatable bonds is 3. The molecule has 0 heterocycles. The molecular formula is C11H17N3O. The van der Waals surface area contributed by atoms with Crippen molar-refractivity contribution in [2.24, 2.45) is 5.73 Å². The van der Waals surface area contributed by atoms with E-state index in [4.69, 9.17) is 5.73 Å². The first-order valence-electron chi connectivity index (χ1n) is 4.95. The average molecular weight is 207 g/mol. The fourth-order valence-electron chi connectivity index (χ4n) is 1.15. The Labute approximate surface area is 89.9 Å². The van der Waals surface area contributed by atoms with Crippen LogP contribution in [0.2, 0.25) is 0 Å². The topological polar surface area (TPSA) is 67.2 Å². The molecule has 0 aliphatic heterocycles. The minimum absolute atomic E-state index is 0.0340. The Hall–Kier alpha value is -1.55. The summed E-state index contributed by atoms with van der Waals surface area (Å²) >= 11 is 0. The Morgan fingerprint density at radius 2 is 2.27 bits per heavy atom. The first-order valence-corrected chi connectivity index (χ1v) is 4.95. The van der Waals surface area contributed by atoms with Gasteiger partial charge in [0.15, 0.2) is 0 Å². The van der Waals surface area contributed by atoms with Crippen LogP contribution in [-0.4, -0.2) is 18.6 Å². The Kier molecular flexibility index (Phi) is 4.12. The largest absolute Gasteiger partial charge is 0.336 e.